The van der Waals surface area contributed by atoms with E-state index in [2.05, 4.69) is 10.3 Å². The quantitative estimate of drug-likeness (QED) is 0.347. The predicted molar refractivity (Wildman–Crippen MR) is 112 cm³/mol. The second-order valence-corrected chi connectivity index (χ2v) is 8.85. The second-order valence-electron chi connectivity index (χ2n) is 7.07. The molecule has 0 saturated carbocycles. The van der Waals surface area contributed by atoms with E-state index in [-0.39, 0.29) is 19.1 Å². The standard InChI is InChI=1S/C22H22F3N2O3P/c23-22(24,25)19-12-10-18(11-13-19)21(17-7-2-1-3-8-17,20-9-4-5-14-26-20)27-15-6-16-31(28,29)30/h1-5,7-14,27H,6,15-16H2,(H2,28,29,30). The third kappa shape index (κ3) is 5.60. The van der Waals surface area contributed by atoms with Crippen molar-refractivity contribution in [3.63, 3.8) is 0 Å². The fourth-order valence-corrected chi connectivity index (χ4v) is 4.07. The molecule has 1 aromatic heterocycles. The van der Waals surface area contributed by atoms with Crippen molar-refractivity contribution in [3.8, 4) is 0 Å². The molecule has 9 heteroatoms. The Bertz CT molecular complexity index is 984. The van der Waals surface area contributed by atoms with Crippen molar-refractivity contribution in [1.29, 1.82) is 0 Å². The van der Waals surface area contributed by atoms with Crippen LogP contribution in [0.1, 0.15) is 28.8 Å². The summed E-state index contributed by atoms with van der Waals surface area (Å²) < 4.78 is 50.6. The maximum atomic E-state index is 13.1. The zero-order valence-corrected chi connectivity index (χ0v) is 17.4. The molecule has 2 aromatic carbocycles. The molecule has 0 radical (unpaired) electrons. The van der Waals surface area contributed by atoms with Gasteiger partial charge in [-0.1, -0.05) is 48.5 Å². The van der Waals surface area contributed by atoms with E-state index in [1.807, 2.05) is 30.3 Å². The number of rotatable bonds is 8. The summed E-state index contributed by atoms with van der Waals surface area (Å²) in [6.07, 6.45) is -3.00. The van der Waals surface area contributed by atoms with Gasteiger partial charge in [0, 0.05) is 6.20 Å². The molecule has 31 heavy (non-hydrogen) atoms. The SMILES string of the molecule is O=P(O)(O)CCCNC(c1ccccc1)(c1ccc(C(F)(F)F)cc1)c1ccccn1. The summed E-state index contributed by atoms with van der Waals surface area (Å²) in [4.78, 5) is 22.8. The molecule has 0 fully saturated rings. The van der Waals surface area contributed by atoms with Crippen LogP contribution in [0.3, 0.4) is 0 Å². The highest BCUT2D eigenvalue weighted by Gasteiger charge is 2.38. The van der Waals surface area contributed by atoms with Gasteiger partial charge in [0.25, 0.3) is 0 Å². The Morgan fingerprint density at radius 1 is 0.839 bits per heavy atom. The summed E-state index contributed by atoms with van der Waals surface area (Å²) in [6, 6.07) is 19.3. The summed E-state index contributed by atoms with van der Waals surface area (Å²) in [5.74, 6) is 0. The molecule has 0 bridgehead atoms. The Hall–Kier alpha value is -2.51. The van der Waals surface area contributed by atoms with E-state index in [4.69, 9.17) is 9.79 Å². The number of nitrogens with one attached hydrogen (secondary N) is 1. The molecule has 0 amide bonds. The molecular formula is C22H22F3N2O3P. The molecule has 1 heterocycles. The number of nitrogens with zero attached hydrogens (tertiary/aromatic N) is 1. The summed E-state index contributed by atoms with van der Waals surface area (Å²) in [6.45, 7) is 0.206. The zero-order chi connectivity index (χ0) is 22.5. The molecule has 3 aromatic rings. The summed E-state index contributed by atoms with van der Waals surface area (Å²) in [5.41, 5.74) is -0.0502. The Morgan fingerprint density at radius 2 is 1.42 bits per heavy atom. The summed E-state index contributed by atoms with van der Waals surface area (Å²) >= 11 is 0. The number of aromatic nitrogens is 1. The van der Waals surface area contributed by atoms with Gasteiger partial charge in [-0.15, -0.1) is 0 Å². The lowest BCUT2D eigenvalue weighted by molar-refractivity contribution is -0.137. The van der Waals surface area contributed by atoms with E-state index in [1.54, 1.807) is 24.4 Å². The van der Waals surface area contributed by atoms with Gasteiger partial charge in [-0.25, -0.2) is 0 Å². The highest BCUT2D eigenvalue weighted by molar-refractivity contribution is 7.51. The van der Waals surface area contributed by atoms with Crippen LogP contribution in [-0.2, 0) is 16.3 Å². The van der Waals surface area contributed by atoms with Crippen molar-refractivity contribution in [2.75, 3.05) is 12.7 Å². The van der Waals surface area contributed by atoms with E-state index in [0.29, 0.717) is 11.3 Å². The highest BCUT2D eigenvalue weighted by atomic mass is 31.2. The first-order valence-electron chi connectivity index (χ1n) is 9.57. The van der Waals surface area contributed by atoms with E-state index >= 15 is 0 Å². The Morgan fingerprint density at radius 3 is 1.97 bits per heavy atom. The minimum Gasteiger partial charge on any atom is -0.324 e. The van der Waals surface area contributed by atoms with Gasteiger partial charge in [0.2, 0.25) is 0 Å². The van der Waals surface area contributed by atoms with Gasteiger partial charge in [-0.05, 0) is 48.4 Å². The van der Waals surface area contributed by atoms with Crippen molar-refractivity contribution < 1.29 is 27.5 Å². The highest BCUT2D eigenvalue weighted by Crippen LogP contribution is 2.38. The number of alkyl halides is 3. The average Bonchev–Trinajstić information content (AvgIpc) is 2.74. The number of halogens is 3. The molecule has 164 valence electrons. The van der Waals surface area contributed by atoms with E-state index in [9.17, 15) is 17.7 Å². The third-order valence-electron chi connectivity index (χ3n) is 4.92. The molecule has 1 unspecified atom stereocenters. The van der Waals surface area contributed by atoms with Gasteiger partial charge in [0.05, 0.1) is 17.4 Å². The first kappa shape index (κ1) is 23.2. The lowest BCUT2D eigenvalue weighted by Gasteiger charge is -2.36. The Balaban J connectivity index is 2.12. The molecule has 5 nitrogen and oxygen atoms in total. The maximum Gasteiger partial charge on any atom is 0.416 e. The molecule has 3 N–H and O–H groups in total. The molecule has 3 rings (SSSR count). The molecule has 0 aliphatic heterocycles. The number of benzene rings is 2. The molecule has 0 spiro atoms. The van der Waals surface area contributed by atoms with Crippen molar-refractivity contribution >= 4 is 7.60 Å². The van der Waals surface area contributed by atoms with Crippen molar-refractivity contribution in [1.82, 2.24) is 10.3 Å². The smallest absolute Gasteiger partial charge is 0.324 e. The lowest BCUT2D eigenvalue weighted by atomic mass is 9.79. The summed E-state index contributed by atoms with van der Waals surface area (Å²) in [5, 5.41) is 3.33. The molecule has 0 aliphatic carbocycles. The van der Waals surface area contributed by atoms with Gasteiger partial charge in [-0.2, -0.15) is 13.2 Å². The first-order chi connectivity index (χ1) is 14.6. The maximum absolute atomic E-state index is 13.1. The van der Waals surface area contributed by atoms with Gasteiger partial charge >= 0.3 is 13.8 Å². The first-order valence-corrected chi connectivity index (χ1v) is 11.4. The van der Waals surface area contributed by atoms with Gasteiger partial charge in [0.15, 0.2) is 0 Å². The third-order valence-corrected chi connectivity index (χ3v) is 5.82. The Labute approximate surface area is 178 Å². The summed E-state index contributed by atoms with van der Waals surface area (Å²) in [7, 11) is -4.17. The van der Waals surface area contributed by atoms with Crippen LogP contribution in [0.25, 0.3) is 0 Å². The predicted octanol–water partition coefficient (Wildman–Crippen LogP) is 4.55. The minimum atomic E-state index is -4.46. The van der Waals surface area contributed by atoms with Crippen LogP contribution >= 0.6 is 7.60 Å². The number of hydrogen-bond donors (Lipinski definition) is 3. The minimum absolute atomic E-state index is 0.173. The zero-order valence-electron chi connectivity index (χ0n) is 16.5. The van der Waals surface area contributed by atoms with Crippen molar-refractivity contribution in [2.24, 2.45) is 0 Å². The fourth-order valence-electron chi connectivity index (χ4n) is 3.50. The van der Waals surface area contributed by atoms with Crippen LogP contribution in [0.5, 0.6) is 0 Å². The van der Waals surface area contributed by atoms with Crippen molar-refractivity contribution in [2.45, 2.75) is 18.1 Å². The second kappa shape index (κ2) is 9.32. The topological polar surface area (TPSA) is 82.5 Å². The van der Waals surface area contributed by atoms with E-state index in [0.717, 1.165) is 17.7 Å². The van der Waals surface area contributed by atoms with Gasteiger partial charge < -0.3 is 9.79 Å². The fraction of sp³-hybridized carbons (Fsp3) is 0.227. The Kier molecular flexibility index (Phi) is 6.96. The van der Waals surface area contributed by atoms with Crippen LogP contribution in [0, 0.1) is 0 Å². The monoisotopic (exact) mass is 450 g/mol. The molecule has 1 atom stereocenters. The van der Waals surface area contributed by atoms with Crippen LogP contribution in [0.4, 0.5) is 13.2 Å². The van der Waals surface area contributed by atoms with Crippen LogP contribution in [0.2, 0.25) is 0 Å². The van der Waals surface area contributed by atoms with Crippen LogP contribution < -0.4 is 5.32 Å². The van der Waals surface area contributed by atoms with Crippen LogP contribution in [0.15, 0.2) is 79.0 Å². The van der Waals surface area contributed by atoms with Gasteiger partial charge in [-0.3, -0.25) is 14.9 Å². The number of pyridine rings is 1. The average molecular weight is 450 g/mol. The molecule has 0 saturated heterocycles. The normalized spacial score (nSPS) is 14.2. The van der Waals surface area contributed by atoms with Crippen molar-refractivity contribution in [3.05, 3.63) is 101 Å². The largest absolute Gasteiger partial charge is 0.416 e. The molecule has 0 aliphatic rings. The van der Waals surface area contributed by atoms with Gasteiger partial charge in [0.1, 0.15) is 5.54 Å². The van der Waals surface area contributed by atoms with E-state index < -0.39 is 24.9 Å². The molecular weight excluding hydrogens is 428 g/mol. The van der Waals surface area contributed by atoms with Crippen LogP contribution in [-0.4, -0.2) is 27.5 Å². The number of hydrogen-bond acceptors (Lipinski definition) is 3. The lowest BCUT2D eigenvalue weighted by Crippen LogP contribution is -2.46. The van der Waals surface area contributed by atoms with E-state index in [1.165, 1.54) is 12.1 Å².